The normalized spacial score (nSPS) is 13.8. The summed E-state index contributed by atoms with van der Waals surface area (Å²) in [5, 5.41) is 0. The van der Waals surface area contributed by atoms with E-state index >= 15 is 0 Å². The second-order valence-corrected chi connectivity index (χ2v) is 8.10. The van der Waals surface area contributed by atoms with E-state index in [9.17, 15) is 4.79 Å². The van der Waals surface area contributed by atoms with Crippen molar-refractivity contribution >= 4 is 11.6 Å². The number of hydrogen-bond donors (Lipinski definition) is 0. The number of ether oxygens (including phenoxy) is 1. The minimum absolute atomic E-state index is 0.0663. The molecule has 5 nitrogen and oxygen atoms in total. The van der Waals surface area contributed by atoms with Crippen molar-refractivity contribution in [1.82, 2.24) is 9.88 Å². The molecule has 5 heteroatoms. The molecule has 3 aromatic rings. The van der Waals surface area contributed by atoms with Crippen LogP contribution in [0.1, 0.15) is 16.8 Å². The molecule has 0 atom stereocenters. The largest absolute Gasteiger partial charge is 0.378 e. The van der Waals surface area contributed by atoms with Gasteiger partial charge in [-0.1, -0.05) is 48.0 Å². The molecule has 2 aromatic carbocycles. The summed E-state index contributed by atoms with van der Waals surface area (Å²) in [4.78, 5) is 21.3. The van der Waals surface area contributed by atoms with E-state index in [1.54, 1.807) is 4.90 Å². The Hall–Kier alpha value is -3.18. The van der Waals surface area contributed by atoms with Crippen LogP contribution in [0.25, 0.3) is 11.1 Å². The minimum Gasteiger partial charge on any atom is -0.378 e. The van der Waals surface area contributed by atoms with Crippen LogP contribution in [0.4, 0.5) is 5.69 Å². The summed E-state index contributed by atoms with van der Waals surface area (Å²) >= 11 is 0. The van der Waals surface area contributed by atoms with Gasteiger partial charge in [0, 0.05) is 49.8 Å². The number of nitrogens with zero attached hydrogens (tertiary/aromatic N) is 3. The van der Waals surface area contributed by atoms with Crippen LogP contribution < -0.4 is 4.90 Å². The molecule has 1 aromatic heterocycles. The van der Waals surface area contributed by atoms with E-state index in [0.717, 1.165) is 48.7 Å². The molecule has 1 amide bonds. The summed E-state index contributed by atoms with van der Waals surface area (Å²) < 4.78 is 5.42. The van der Waals surface area contributed by atoms with E-state index in [-0.39, 0.29) is 5.91 Å². The first-order valence-corrected chi connectivity index (χ1v) is 10.8. The summed E-state index contributed by atoms with van der Waals surface area (Å²) in [6, 6.07) is 20.8. The molecule has 1 aliphatic heterocycles. The quantitative estimate of drug-likeness (QED) is 0.608. The second kappa shape index (κ2) is 9.75. The van der Waals surface area contributed by atoms with Crippen LogP contribution >= 0.6 is 0 Å². The van der Waals surface area contributed by atoms with Crippen LogP contribution in [0.3, 0.4) is 0 Å². The van der Waals surface area contributed by atoms with Crippen molar-refractivity contribution in [3.63, 3.8) is 0 Å². The third-order valence-corrected chi connectivity index (χ3v) is 5.66. The van der Waals surface area contributed by atoms with E-state index in [0.29, 0.717) is 13.0 Å². The lowest BCUT2D eigenvalue weighted by atomic mass is 10.1. The highest BCUT2D eigenvalue weighted by Crippen LogP contribution is 2.23. The molecule has 0 spiro atoms. The highest BCUT2D eigenvalue weighted by Gasteiger charge is 2.13. The van der Waals surface area contributed by atoms with E-state index in [2.05, 4.69) is 53.2 Å². The zero-order chi connectivity index (χ0) is 21.6. The molecular formula is C26H29N3O2. The van der Waals surface area contributed by atoms with Crippen LogP contribution in [0, 0.1) is 6.92 Å². The van der Waals surface area contributed by atoms with Crippen molar-refractivity contribution < 1.29 is 9.53 Å². The molecule has 1 fully saturated rings. The maximum atomic E-state index is 12.6. The Morgan fingerprint density at radius 1 is 1.03 bits per heavy atom. The molecule has 0 bridgehead atoms. The lowest BCUT2D eigenvalue weighted by Gasteiger charge is -2.28. The smallest absolute Gasteiger partial charge is 0.228 e. The van der Waals surface area contributed by atoms with Gasteiger partial charge in [-0.25, -0.2) is 0 Å². The predicted octanol–water partition coefficient (Wildman–Crippen LogP) is 4.09. The lowest BCUT2D eigenvalue weighted by molar-refractivity contribution is -0.129. The lowest BCUT2D eigenvalue weighted by Crippen LogP contribution is -2.36. The minimum atomic E-state index is 0.0663. The van der Waals surface area contributed by atoms with Gasteiger partial charge in [0.05, 0.1) is 19.6 Å². The fourth-order valence-electron chi connectivity index (χ4n) is 3.85. The highest BCUT2D eigenvalue weighted by atomic mass is 16.5. The van der Waals surface area contributed by atoms with E-state index in [4.69, 9.17) is 4.74 Å². The molecule has 0 saturated carbocycles. The topological polar surface area (TPSA) is 45.7 Å². The Morgan fingerprint density at radius 3 is 2.45 bits per heavy atom. The number of benzene rings is 2. The molecule has 0 N–H and O–H groups in total. The van der Waals surface area contributed by atoms with Crippen LogP contribution in [-0.2, 0) is 22.5 Å². The zero-order valence-electron chi connectivity index (χ0n) is 18.3. The van der Waals surface area contributed by atoms with Gasteiger partial charge < -0.3 is 14.5 Å². The fourth-order valence-corrected chi connectivity index (χ4v) is 3.85. The Kier molecular flexibility index (Phi) is 6.63. The Balaban J connectivity index is 1.35. The number of hydrogen-bond acceptors (Lipinski definition) is 4. The molecule has 0 aliphatic carbocycles. The van der Waals surface area contributed by atoms with Crippen molar-refractivity contribution in [2.24, 2.45) is 0 Å². The first kappa shape index (κ1) is 21.1. The number of rotatable bonds is 6. The monoisotopic (exact) mass is 415 g/mol. The summed E-state index contributed by atoms with van der Waals surface area (Å²) in [7, 11) is 1.84. The number of carbonyl (C=O) groups excluding carboxylic acids is 1. The predicted molar refractivity (Wildman–Crippen MR) is 124 cm³/mol. The van der Waals surface area contributed by atoms with E-state index in [1.165, 1.54) is 11.3 Å². The molecule has 0 unspecified atom stereocenters. The molecule has 0 radical (unpaired) electrons. The van der Waals surface area contributed by atoms with Crippen LogP contribution in [0.5, 0.6) is 0 Å². The van der Waals surface area contributed by atoms with Crippen molar-refractivity contribution in [1.29, 1.82) is 0 Å². The van der Waals surface area contributed by atoms with Crippen LogP contribution in [0.15, 0.2) is 66.9 Å². The van der Waals surface area contributed by atoms with Crippen molar-refractivity contribution in [3.05, 3.63) is 83.7 Å². The molecule has 4 rings (SSSR count). The summed E-state index contributed by atoms with van der Waals surface area (Å²) in [6.07, 6.45) is 2.16. The third-order valence-electron chi connectivity index (χ3n) is 5.66. The van der Waals surface area contributed by atoms with Gasteiger partial charge in [0.25, 0.3) is 0 Å². The van der Waals surface area contributed by atoms with Gasteiger partial charge in [0.2, 0.25) is 5.91 Å². The van der Waals surface area contributed by atoms with Crippen LogP contribution in [-0.4, -0.2) is 49.1 Å². The fraction of sp³-hybridized carbons (Fsp3) is 0.308. The molecule has 2 heterocycles. The Bertz CT molecular complexity index is 1010. The third kappa shape index (κ3) is 5.50. The number of aryl methyl sites for hydroxylation is 1. The maximum absolute atomic E-state index is 12.6. The number of aromatic nitrogens is 1. The SMILES string of the molecule is Cc1cccc(CN(C)C(=O)Cc2ccc(-c3ccc(N4CCOCC4)cc3)cn2)c1. The van der Waals surface area contributed by atoms with Crippen molar-refractivity contribution in [3.8, 4) is 11.1 Å². The Labute approximate surface area is 184 Å². The van der Waals surface area contributed by atoms with Gasteiger partial charge in [0.1, 0.15) is 0 Å². The van der Waals surface area contributed by atoms with E-state index < -0.39 is 0 Å². The van der Waals surface area contributed by atoms with Gasteiger partial charge in [0.15, 0.2) is 0 Å². The molecule has 1 saturated heterocycles. The summed E-state index contributed by atoms with van der Waals surface area (Å²) in [5.74, 6) is 0.0663. The van der Waals surface area contributed by atoms with Gasteiger partial charge in [-0.3, -0.25) is 9.78 Å². The summed E-state index contributed by atoms with van der Waals surface area (Å²) in [6.45, 7) is 6.10. The van der Waals surface area contributed by atoms with Gasteiger partial charge in [-0.2, -0.15) is 0 Å². The average molecular weight is 416 g/mol. The van der Waals surface area contributed by atoms with Crippen molar-refractivity contribution in [2.75, 3.05) is 38.3 Å². The number of anilines is 1. The number of pyridine rings is 1. The van der Waals surface area contributed by atoms with Gasteiger partial charge in [-0.15, -0.1) is 0 Å². The number of amides is 1. The Morgan fingerprint density at radius 2 is 1.77 bits per heavy atom. The number of carbonyl (C=O) groups is 1. The first-order chi connectivity index (χ1) is 15.1. The van der Waals surface area contributed by atoms with Crippen LogP contribution in [0.2, 0.25) is 0 Å². The first-order valence-electron chi connectivity index (χ1n) is 10.8. The van der Waals surface area contributed by atoms with E-state index in [1.807, 2.05) is 37.5 Å². The second-order valence-electron chi connectivity index (χ2n) is 8.10. The number of morpholine rings is 1. The highest BCUT2D eigenvalue weighted by molar-refractivity contribution is 5.78. The molecule has 160 valence electrons. The van der Waals surface area contributed by atoms with Crippen molar-refractivity contribution in [2.45, 2.75) is 19.9 Å². The molecular weight excluding hydrogens is 386 g/mol. The molecule has 31 heavy (non-hydrogen) atoms. The van der Waals surface area contributed by atoms with Gasteiger partial charge >= 0.3 is 0 Å². The molecule has 1 aliphatic rings. The zero-order valence-corrected chi connectivity index (χ0v) is 18.3. The standard InChI is InChI=1S/C26H29N3O2/c1-20-4-3-5-21(16-20)19-28(2)26(30)17-24-9-6-23(18-27-24)22-7-10-25(11-8-22)29-12-14-31-15-13-29/h3-11,16,18H,12-15,17,19H2,1-2H3. The summed E-state index contributed by atoms with van der Waals surface area (Å²) in [5.41, 5.74) is 6.53. The van der Waals surface area contributed by atoms with Gasteiger partial charge in [-0.05, 0) is 36.2 Å². The maximum Gasteiger partial charge on any atom is 0.228 e. The number of likely N-dealkylation sites (N-methyl/N-ethyl adjacent to an activating group) is 1. The average Bonchev–Trinajstić information content (AvgIpc) is 2.80.